The van der Waals surface area contributed by atoms with E-state index in [4.69, 9.17) is 5.84 Å². The van der Waals surface area contributed by atoms with Gasteiger partial charge in [0.25, 0.3) is 5.56 Å². The van der Waals surface area contributed by atoms with E-state index in [0.717, 1.165) is 11.1 Å². The van der Waals surface area contributed by atoms with E-state index in [1.54, 1.807) is 6.07 Å². The number of carbonyl (C=O) groups excluding carboxylic acids is 1. The fourth-order valence-electron chi connectivity index (χ4n) is 1.85. The van der Waals surface area contributed by atoms with Crippen LogP contribution in [0.5, 0.6) is 0 Å². The Balaban J connectivity index is 2.21. The second-order valence-electron chi connectivity index (χ2n) is 3.97. The summed E-state index contributed by atoms with van der Waals surface area (Å²) in [6, 6.07) is 7.28. The summed E-state index contributed by atoms with van der Waals surface area (Å²) in [6.07, 6.45) is 1.59. The van der Waals surface area contributed by atoms with Gasteiger partial charge in [0.2, 0.25) is 5.91 Å². The van der Waals surface area contributed by atoms with E-state index in [1.807, 2.05) is 18.2 Å². The number of benzene rings is 1. The molecule has 0 fully saturated rings. The van der Waals surface area contributed by atoms with Gasteiger partial charge in [-0.3, -0.25) is 15.0 Å². The van der Waals surface area contributed by atoms with Gasteiger partial charge in [-0.05, 0) is 18.9 Å². The first-order chi connectivity index (χ1) is 8.72. The standard InChI is InChI=1S/C12H14N4O2/c13-14-11(17)7-3-6-10-8-4-1-2-5-9(8)12(18)16-15-10/h1-2,4-5H,3,6-7,13H2,(H,14,17)(H,16,18). The largest absolute Gasteiger partial charge is 0.294 e. The van der Waals surface area contributed by atoms with E-state index in [0.29, 0.717) is 24.6 Å². The molecule has 1 amide bonds. The molecule has 0 radical (unpaired) electrons. The Morgan fingerprint density at radius 3 is 2.78 bits per heavy atom. The number of hydrogen-bond acceptors (Lipinski definition) is 4. The van der Waals surface area contributed by atoms with E-state index < -0.39 is 0 Å². The first-order valence-electron chi connectivity index (χ1n) is 5.68. The lowest BCUT2D eigenvalue weighted by Gasteiger charge is -2.04. The van der Waals surface area contributed by atoms with Crippen molar-refractivity contribution < 1.29 is 4.79 Å². The summed E-state index contributed by atoms with van der Waals surface area (Å²) in [5.74, 6) is 4.79. The maximum atomic E-state index is 11.6. The summed E-state index contributed by atoms with van der Waals surface area (Å²) in [5, 5.41) is 7.94. The molecular formula is C12H14N4O2. The average Bonchev–Trinajstić information content (AvgIpc) is 2.41. The first kappa shape index (κ1) is 12.3. The molecule has 0 spiro atoms. The molecule has 0 aliphatic rings. The summed E-state index contributed by atoms with van der Waals surface area (Å²) in [4.78, 5) is 22.6. The molecule has 0 bridgehead atoms. The molecule has 4 N–H and O–H groups in total. The van der Waals surface area contributed by atoms with Crippen molar-refractivity contribution in [3.63, 3.8) is 0 Å². The molecule has 0 aliphatic carbocycles. The minimum atomic E-state index is -0.205. The molecule has 6 nitrogen and oxygen atoms in total. The Kier molecular flexibility index (Phi) is 3.69. The number of aryl methyl sites for hydroxylation is 1. The SMILES string of the molecule is NNC(=O)CCCc1n[nH]c(=O)c2ccccc12. The average molecular weight is 246 g/mol. The normalized spacial score (nSPS) is 10.5. The number of carbonyl (C=O) groups is 1. The van der Waals surface area contributed by atoms with Gasteiger partial charge < -0.3 is 0 Å². The van der Waals surface area contributed by atoms with Crippen molar-refractivity contribution in [3.05, 3.63) is 40.3 Å². The zero-order valence-corrected chi connectivity index (χ0v) is 9.77. The van der Waals surface area contributed by atoms with E-state index in [2.05, 4.69) is 15.6 Å². The number of hydrogen-bond donors (Lipinski definition) is 3. The lowest BCUT2D eigenvalue weighted by atomic mass is 10.1. The van der Waals surface area contributed by atoms with Crippen LogP contribution in [0.1, 0.15) is 18.5 Å². The smallest absolute Gasteiger partial charge is 0.272 e. The third kappa shape index (κ3) is 2.54. The number of fused-ring (bicyclic) bond motifs is 1. The first-order valence-corrected chi connectivity index (χ1v) is 5.68. The van der Waals surface area contributed by atoms with E-state index in [1.165, 1.54) is 0 Å². The number of amides is 1. The monoisotopic (exact) mass is 246 g/mol. The van der Waals surface area contributed by atoms with Crippen LogP contribution in [0.4, 0.5) is 0 Å². The molecule has 1 aromatic carbocycles. The molecule has 94 valence electrons. The molecule has 1 heterocycles. The third-order valence-corrected chi connectivity index (χ3v) is 2.75. The molecule has 0 unspecified atom stereocenters. The van der Waals surface area contributed by atoms with Crippen molar-refractivity contribution in [2.45, 2.75) is 19.3 Å². The highest BCUT2D eigenvalue weighted by Crippen LogP contribution is 2.14. The molecule has 1 aromatic heterocycles. The van der Waals surface area contributed by atoms with Crippen molar-refractivity contribution in [2.24, 2.45) is 5.84 Å². The summed E-state index contributed by atoms with van der Waals surface area (Å²) in [7, 11) is 0. The lowest BCUT2D eigenvalue weighted by Crippen LogP contribution is -2.29. The van der Waals surface area contributed by atoms with Gasteiger partial charge in [-0.1, -0.05) is 18.2 Å². The minimum Gasteiger partial charge on any atom is -0.294 e. The number of aromatic nitrogens is 2. The van der Waals surface area contributed by atoms with Crippen LogP contribution in [0.2, 0.25) is 0 Å². The van der Waals surface area contributed by atoms with Crippen LogP contribution in [0.25, 0.3) is 10.8 Å². The number of nitrogens with two attached hydrogens (primary N) is 1. The number of nitrogens with zero attached hydrogens (tertiary/aromatic N) is 1. The van der Waals surface area contributed by atoms with Crippen molar-refractivity contribution in [1.82, 2.24) is 15.6 Å². The van der Waals surface area contributed by atoms with Gasteiger partial charge >= 0.3 is 0 Å². The quantitative estimate of drug-likeness (QED) is 0.408. The molecule has 0 aliphatic heterocycles. The fraction of sp³-hybridized carbons (Fsp3) is 0.250. The number of rotatable bonds is 4. The van der Waals surface area contributed by atoms with Crippen LogP contribution in [0, 0.1) is 0 Å². The Hall–Kier alpha value is -2.21. The predicted molar refractivity (Wildman–Crippen MR) is 67.6 cm³/mol. The Morgan fingerprint density at radius 1 is 1.33 bits per heavy atom. The van der Waals surface area contributed by atoms with Crippen LogP contribution in [-0.2, 0) is 11.2 Å². The number of H-pyrrole nitrogens is 1. The van der Waals surface area contributed by atoms with Gasteiger partial charge in [0.05, 0.1) is 11.1 Å². The molecule has 0 saturated carbocycles. The highest BCUT2D eigenvalue weighted by Gasteiger charge is 2.06. The fourth-order valence-corrected chi connectivity index (χ4v) is 1.85. The van der Waals surface area contributed by atoms with Gasteiger partial charge in [0.15, 0.2) is 0 Å². The van der Waals surface area contributed by atoms with Gasteiger partial charge in [-0.15, -0.1) is 0 Å². The van der Waals surface area contributed by atoms with Crippen LogP contribution in [0.3, 0.4) is 0 Å². The van der Waals surface area contributed by atoms with Crippen molar-refractivity contribution in [3.8, 4) is 0 Å². The number of aromatic amines is 1. The highest BCUT2D eigenvalue weighted by molar-refractivity contribution is 5.83. The number of hydrazine groups is 1. The third-order valence-electron chi connectivity index (χ3n) is 2.75. The van der Waals surface area contributed by atoms with Gasteiger partial charge in [0, 0.05) is 11.8 Å². The summed E-state index contributed by atoms with van der Waals surface area (Å²) < 4.78 is 0. The summed E-state index contributed by atoms with van der Waals surface area (Å²) >= 11 is 0. The predicted octanol–water partition coefficient (Wildman–Crippen LogP) is 0.236. The van der Waals surface area contributed by atoms with Crippen LogP contribution >= 0.6 is 0 Å². The molecule has 2 rings (SSSR count). The van der Waals surface area contributed by atoms with Crippen molar-refractivity contribution >= 4 is 16.7 Å². The van der Waals surface area contributed by atoms with Gasteiger partial charge in [-0.25, -0.2) is 10.9 Å². The zero-order valence-electron chi connectivity index (χ0n) is 9.77. The van der Waals surface area contributed by atoms with Crippen LogP contribution in [-0.4, -0.2) is 16.1 Å². The highest BCUT2D eigenvalue weighted by atomic mass is 16.2. The van der Waals surface area contributed by atoms with E-state index >= 15 is 0 Å². The second kappa shape index (κ2) is 5.42. The number of nitrogens with one attached hydrogen (secondary N) is 2. The van der Waals surface area contributed by atoms with Crippen LogP contribution < -0.4 is 16.8 Å². The Morgan fingerprint density at radius 2 is 2.06 bits per heavy atom. The van der Waals surface area contributed by atoms with Crippen molar-refractivity contribution in [1.29, 1.82) is 0 Å². The van der Waals surface area contributed by atoms with E-state index in [9.17, 15) is 9.59 Å². The minimum absolute atomic E-state index is 0.200. The molecule has 0 saturated heterocycles. The van der Waals surface area contributed by atoms with Crippen molar-refractivity contribution in [2.75, 3.05) is 0 Å². The van der Waals surface area contributed by atoms with Crippen LogP contribution in [0.15, 0.2) is 29.1 Å². The maximum absolute atomic E-state index is 11.6. The molecule has 6 heteroatoms. The zero-order chi connectivity index (χ0) is 13.0. The van der Waals surface area contributed by atoms with Gasteiger partial charge in [0.1, 0.15) is 0 Å². The second-order valence-corrected chi connectivity index (χ2v) is 3.97. The molecule has 2 aromatic rings. The molecular weight excluding hydrogens is 232 g/mol. The molecule has 18 heavy (non-hydrogen) atoms. The topological polar surface area (TPSA) is 101 Å². The summed E-state index contributed by atoms with van der Waals surface area (Å²) in [6.45, 7) is 0. The Labute approximate surface area is 103 Å². The Bertz CT molecular complexity index is 621. The van der Waals surface area contributed by atoms with E-state index in [-0.39, 0.29) is 11.5 Å². The molecule has 0 atom stereocenters. The maximum Gasteiger partial charge on any atom is 0.272 e. The summed E-state index contributed by atoms with van der Waals surface area (Å²) in [5.41, 5.74) is 2.67. The lowest BCUT2D eigenvalue weighted by molar-refractivity contribution is -0.121. The van der Waals surface area contributed by atoms with Gasteiger partial charge in [-0.2, -0.15) is 5.10 Å².